The summed E-state index contributed by atoms with van der Waals surface area (Å²) < 4.78 is 14.5. The topological polar surface area (TPSA) is 76.0 Å². The zero-order valence-corrected chi connectivity index (χ0v) is 15.8. The van der Waals surface area contributed by atoms with Gasteiger partial charge in [0.1, 0.15) is 11.6 Å². The van der Waals surface area contributed by atoms with Crippen molar-refractivity contribution in [3.63, 3.8) is 0 Å². The van der Waals surface area contributed by atoms with E-state index in [0.717, 1.165) is 24.1 Å². The van der Waals surface area contributed by atoms with Crippen LogP contribution in [0.15, 0.2) is 60.7 Å². The fourth-order valence-electron chi connectivity index (χ4n) is 2.98. The third kappa shape index (κ3) is 4.68. The molecule has 2 aromatic carbocycles. The minimum absolute atomic E-state index is 0.0436. The molecule has 4 rings (SSSR count). The summed E-state index contributed by atoms with van der Waals surface area (Å²) in [6.45, 7) is 0.395. The van der Waals surface area contributed by atoms with Gasteiger partial charge in [0.05, 0.1) is 5.69 Å². The number of rotatable bonds is 7. The maximum Gasteiger partial charge on any atom is 0.271 e. The van der Waals surface area contributed by atoms with E-state index in [4.69, 9.17) is 0 Å². The van der Waals surface area contributed by atoms with E-state index in [9.17, 15) is 14.0 Å². The standard InChI is InChI=1S/C22H21FN4O2/c23-17-10-6-15(7-11-17)12-13-24-22(29)19-14-20(25-21(28)16-8-9-16)27(26-19)18-4-2-1-3-5-18/h1-7,10-11,14,16H,8-9,12-13H2,(H,24,29)(H,25,28). The summed E-state index contributed by atoms with van der Waals surface area (Å²) in [5.41, 5.74) is 1.90. The van der Waals surface area contributed by atoms with Crippen LogP contribution in [0.1, 0.15) is 28.9 Å². The molecular formula is C22H21FN4O2. The molecule has 2 amide bonds. The van der Waals surface area contributed by atoms with Crippen LogP contribution in [0.2, 0.25) is 0 Å². The fourth-order valence-corrected chi connectivity index (χ4v) is 2.98. The summed E-state index contributed by atoms with van der Waals surface area (Å²) >= 11 is 0. The molecule has 6 nitrogen and oxygen atoms in total. The van der Waals surface area contributed by atoms with E-state index in [-0.39, 0.29) is 29.2 Å². The summed E-state index contributed by atoms with van der Waals surface area (Å²) in [5.74, 6) is -0.155. The van der Waals surface area contributed by atoms with Gasteiger partial charge >= 0.3 is 0 Å². The predicted molar refractivity (Wildman–Crippen MR) is 107 cm³/mol. The number of anilines is 1. The number of nitrogens with zero attached hydrogens (tertiary/aromatic N) is 2. The first-order chi connectivity index (χ1) is 14.1. The smallest absolute Gasteiger partial charge is 0.271 e. The van der Waals surface area contributed by atoms with Gasteiger partial charge in [-0.15, -0.1) is 0 Å². The van der Waals surface area contributed by atoms with Gasteiger partial charge < -0.3 is 10.6 Å². The monoisotopic (exact) mass is 392 g/mol. The normalized spacial score (nSPS) is 13.1. The second kappa shape index (κ2) is 8.26. The van der Waals surface area contributed by atoms with E-state index in [1.807, 2.05) is 30.3 Å². The highest BCUT2D eigenvalue weighted by Gasteiger charge is 2.30. The van der Waals surface area contributed by atoms with Crippen LogP contribution < -0.4 is 10.6 Å². The number of halogens is 1. The Morgan fingerprint density at radius 3 is 2.48 bits per heavy atom. The Bertz CT molecular complexity index is 1010. The molecule has 0 aliphatic heterocycles. The summed E-state index contributed by atoms with van der Waals surface area (Å²) in [7, 11) is 0. The van der Waals surface area contributed by atoms with Crippen LogP contribution in [-0.4, -0.2) is 28.1 Å². The van der Waals surface area contributed by atoms with E-state index < -0.39 is 0 Å². The van der Waals surface area contributed by atoms with Gasteiger partial charge in [-0.05, 0) is 49.1 Å². The molecule has 148 valence electrons. The Kier molecular flexibility index (Phi) is 5.37. The molecule has 1 aliphatic rings. The molecule has 0 spiro atoms. The third-order valence-electron chi connectivity index (χ3n) is 4.75. The van der Waals surface area contributed by atoms with E-state index in [1.165, 1.54) is 12.1 Å². The van der Waals surface area contributed by atoms with Crippen LogP contribution in [0, 0.1) is 11.7 Å². The van der Waals surface area contributed by atoms with Crippen molar-refractivity contribution in [3.8, 4) is 5.69 Å². The number of hydrogen-bond donors (Lipinski definition) is 2. The number of para-hydroxylation sites is 1. The molecule has 1 fully saturated rings. The molecule has 7 heteroatoms. The lowest BCUT2D eigenvalue weighted by Crippen LogP contribution is -2.26. The summed E-state index contributed by atoms with van der Waals surface area (Å²) in [6.07, 6.45) is 2.36. The Labute approximate surface area is 167 Å². The molecule has 0 unspecified atom stereocenters. The van der Waals surface area contributed by atoms with E-state index in [2.05, 4.69) is 15.7 Å². The van der Waals surface area contributed by atoms with E-state index in [1.54, 1.807) is 22.9 Å². The number of benzene rings is 2. The highest BCUT2D eigenvalue weighted by molar-refractivity contribution is 5.97. The van der Waals surface area contributed by atoms with Crippen LogP contribution in [0.3, 0.4) is 0 Å². The first kappa shape index (κ1) is 18.9. The molecular weight excluding hydrogens is 371 g/mol. The lowest BCUT2D eigenvalue weighted by atomic mass is 10.1. The molecule has 1 saturated carbocycles. The van der Waals surface area contributed by atoms with Crippen LogP contribution in [-0.2, 0) is 11.2 Å². The molecule has 1 aromatic heterocycles. The molecule has 0 radical (unpaired) electrons. The highest BCUT2D eigenvalue weighted by atomic mass is 19.1. The Hall–Kier alpha value is -3.48. The highest BCUT2D eigenvalue weighted by Crippen LogP contribution is 2.30. The van der Waals surface area contributed by atoms with Crippen molar-refractivity contribution in [2.75, 3.05) is 11.9 Å². The second-order valence-corrected chi connectivity index (χ2v) is 7.06. The number of carbonyl (C=O) groups excluding carboxylic acids is 2. The lowest BCUT2D eigenvalue weighted by Gasteiger charge is -2.08. The summed E-state index contributed by atoms with van der Waals surface area (Å²) in [5, 5.41) is 10.1. The SMILES string of the molecule is O=C(NCCc1ccc(F)cc1)c1cc(NC(=O)C2CC2)n(-c2ccccc2)n1. The molecule has 0 bridgehead atoms. The van der Waals surface area contributed by atoms with Crippen molar-refractivity contribution >= 4 is 17.6 Å². The molecule has 3 aromatic rings. The Morgan fingerprint density at radius 1 is 1.07 bits per heavy atom. The van der Waals surface area contributed by atoms with Gasteiger partial charge in [-0.3, -0.25) is 9.59 Å². The van der Waals surface area contributed by atoms with Crippen molar-refractivity contribution in [2.24, 2.45) is 5.92 Å². The van der Waals surface area contributed by atoms with Crippen LogP contribution >= 0.6 is 0 Å². The molecule has 1 heterocycles. The first-order valence-electron chi connectivity index (χ1n) is 9.59. The van der Waals surface area contributed by atoms with Gasteiger partial charge in [-0.25, -0.2) is 9.07 Å². The number of nitrogens with one attached hydrogen (secondary N) is 2. The number of carbonyl (C=O) groups is 2. The summed E-state index contributed by atoms with van der Waals surface area (Å²) in [6, 6.07) is 17.1. The van der Waals surface area contributed by atoms with Crippen molar-refractivity contribution in [3.05, 3.63) is 77.7 Å². The molecule has 29 heavy (non-hydrogen) atoms. The molecule has 2 N–H and O–H groups in total. The second-order valence-electron chi connectivity index (χ2n) is 7.06. The van der Waals surface area contributed by atoms with Gasteiger partial charge in [0.2, 0.25) is 5.91 Å². The fraction of sp³-hybridized carbons (Fsp3) is 0.227. The molecule has 0 atom stereocenters. The van der Waals surface area contributed by atoms with E-state index in [0.29, 0.717) is 18.8 Å². The minimum atomic E-state index is -0.330. The zero-order valence-electron chi connectivity index (χ0n) is 15.8. The maximum absolute atomic E-state index is 13.0. The first-order valence-corrected chi connectivity index (χ1v) is 9.59. The zero-order chi connectivity index (χ0) is 20.2. The Morgan fingerprint density at radius 2 is 1.79 bits per heavy atom. The summed E-state index contributed by atoms with van der Waals surface area (Å²) in [4.78, 5) is 24.8. The number of aromatic nitrogens is 2. The average Bonchev–Trinajstić information content (AvgIpc) is 3.51. The number of amides is 2. The van der Waals surface area contributed by atoms with Crippen LogP contribution in [0.4, 0.5) is 10.2 Å². The molecule has 1 aliphatic carbocycles. The number of hydrogen-bond acceptors (Lipinski definition) is 3. The quantitative estimate of drug-likeness (QED) is 0.648. The van der Waals surface area contributed by atoms with Crippen molar-refractivity contribution in [2.45, 2.75) is 19.3 Å². The Balaban J connectivity index is 1.47. The average molecular weight is 392 g/mol. The molecule has 0 saturated heterocycles. The lowest BCUT2D eigenvalue weighted by molar-refractivity contribution is -0.117. The van der Waals surface area contributed by atoms with Gasteiger partial charge in [0, 0.05) is 18.5 Å². The largest absolute Gasteiger partial charge is 0.350 e. The van der Waals surface area contributed by atoms with Gasteiger partial charge in [0.25, 0.3) is 5.91 Å². The maximum atomic E-state index is 13.0. The van der Waals surface area contributed by atoms with Crippen LogP contribution in [0.5, 0.6) is 0 Å². The van der Waals surface area contributed by atoms with Gasteiger partial charge in [0.15, 0.2) is 5.69 Å². The minimum Gasteiger partial charge on any atom is -0.350 e. The van der Waals surface area contributed by atoms with Gasteiger partial charge in [-0.1, -0.05) is 30.3 Å². The third-order valence-corrected chi connectivity index (χ3v) is 4.75. The van der Waals surface area contributed by atoms with Crippen molar-refractivity contribution in [1.29, 1.82) is 0 Å². The van der Waals surface area contributed by atoms with Crippen molar-refractivity contribution < 1.29 is 14.0 Å². The van der Waals surface area contributed by atoms with Crippen LogP contribution in [0.25, 0.3) is 5.69 Å². The van der Waals surface area contributed by atoms with Crippen molar-refractivity contribution in [1.82, 2.24) is 15.1 Å². The van der Waals surface area contributed by atoms with E-state index >= 15 is 0 Å². The predicted octanol–water partition coefficient (Wildman–Crippen LogP) is 3.33. The van der Waals surface area contributed by atoms with Gasteiger partial charge in [-0.2, -0.15) is 5.10 Å².